The third-order valence-corrected chi connectivity index (χ3v) is 5.42. The first-order valence-corrected chi connectivity index (χ1v) is 9.74. The lowest BCUT2D eigenvalue weighted by Gasteiger charge is -2.09. The van der Waals surface area contributed by atoms with E-state index >= 15 is 0 Å². The van der Waals surface area contributed by atoms with Gasteiger partial charge in [-0.15, -0.1) is 0 Å². The van der Waals surface area contributed by atoms with Crippen molar-refractivity contribution in [3.8, 4) is 0 Å². The van der Waals surface area contributed by atoms with Crippen LogP contribution in [0.25, 0.3) is 10.9 Å². The van der Waals surface area contributed by atoms with Crippen LogP contribution in [0.15, 0.2) is 42.6 Å². The van der Waals surface area contributed by atoms with Crippen molar-refractivity contribution in [1.29, 1.82) is 0 Å². The molecule has 1 amide bonds. The van der Waals surface area contributed by atoms with E-state index in [-0.39, 0.29) is 12.2 Å². The Morgan fingerprint density at radius 2 is 1.88 bits per heavy atom. The van der Waals surface area contributed by atoms with Crippen molar-refractivity contribution in [3.63, 3.8) is 0 Å². The van der Waals surface area contributed by atoms with Crippen molar-refractivity contribution < 1.29 is 17.6 Å². The van der Waals surface area contributed by atoms with Gasteiger partial charge in [0.1, 0.15) is 5.82 Å². The topological polar surface area (TPSA) is 79.0 Å². The summed E-state index contributed by atoms with van der Waals surface area (Å²) in [6.07, 6.45) is 1.43. The molecule has 0 aliphatic carbocycles. The highest BCUT2D eigenvalue weighted by Crippen LogP contribution is 2.20. The minimum Gasteiger partial charge on any atom is -0.361 e. The summed E-state index contributed by atoms with van der Waals surface area (Å²) in [5.74, 6) is -1.34. The van der Waals surface area contributed by atoms with Crippen LogP contribution in [-0.2, 0) is 27.0 Å². The Kier molecular flexibility index (Phi) is 4.82. The third kappa shape index (κ3) is 4.11. The fourth-order valence-electron chi connectivity index (χ4n) is 2.93. The SMILES string of the molecule is Cc1ccc(CS(=O)(=O)NC(=O)Cc2c[nH]c3ccc(F)cc23)c(C)c1. The van der Waals surface area contributed by atoms with Gasteiger partial charge in [0.05, 0.1) is 12.2 Å². The highest BCUT2D eigenvalue weighted by atomic mass is 32.2. The molecule has 0 spiro atoms. The molecule has 2 N–H and O–H groups in total. The number of sulfonamides is 1. The smallest absolute Gasteiger partial charge is 0.239 e. The van der Waals surface area contributed by atoms with Crippen LogP contribution in [0.3, 0.4) is 0 Å². The van der Waals surface area contributed by atoms with Crippen molar-refractivity contribution in [2.24, 2.45) is 0 Å². The largest absolute Gasteiger partial charge is 0.361 e. The highest BCUT2D eigenvalue weighted by molar-refractivity contribution is 7.89. The molecule has 0 unspecified atom stereocenters. The fraction of sp³-hybridized carbons (Fsp3) is 0.211. The molecule has 0 atom stereocenters. The molecule has 2 aromatic carbocycles. The number of benzene rings is 2. The first-order valence-electron chi connectivity index (χ1n) is 8.08. The Morgan fingerprint density at radius 3 is 2.62 bits per heavy atom. The molecular formula is C19H19FN2O3S. The summed E-state index contributed by atoms with van der Waals surface area (Å²) < 4.78 is 40.1. The van der Waals surface area contributed by atoms with Gasteiger partial charge in [-0.3, -0.25) is 9.52 Å². The van der Waals surface area contributed by atoms with E-state index in [1.807, 2.05) is 26.0 Å². The Balaban J connectivity index is 1.72. The van der Waals surface area contributed by atoms with Crippen LogP contribution >= 0.6 is 0 Å². The zero-order chi connectivity index (χ0) is 18.9. The van der Waals surface area contributed by atoms with Gasteiger partial charge < -0.3 is 4.98 Å². The maximum absolute atomic E-state index is 13.4. The number of hydrogen-bond donors (Lipinski definition) is 2. The van der Waals surface area contributed by atoms with Gasteiger partial charge in [0.25, 0.3) is 0 Å². The van der Waals surface area contributed by atoms with Crippen LogP contribution in [0.1, 0.15) is 22.3 Å². The first-order chi connectivity index (χ1) is 12.2. The molecule has 0 aliphatic rings. The van der Waals surface area contributed by atoms with Crippen LogP contribution in [0.2, 0.25) is 0 Å². The van der Waals surface area contributed by atoms with Gasteiger partial charge in [0, 0.05) is 17.1 Å². The van der Waals surface area contributed by atoms with Gasteiger partial charge in [-0.25, -0.2) is 12.8 Å². The molecule has 1 aromatic heterocycles. The highest BCUT2D eigenvalue weighted by Gasteiger charge is 2.18. The van der Waals surface area contributed by atoms with Crippen molar-refractivity contribution >= 4 is 26.8 Å². The van der Waals surface area contributed by atoms with Crippen LogP contribution in [-0.4, -0.2) is 19.3 Å². The summed E-state index contributed by atoms with van der Waals surface area (Å²) in [6, 6.07) is 9.68. The Bertz CT molecular complexity index is 1090. The Hall–Kier alpha value is -2.67. The number of carbonyl (C=O) groups is 1. The molecule has 136 valence electrons. The monoisotopic (exact) mass is 374 g/mol. The molecule has 0 aliphatic heterocycles. The zero-order valence-corrected chi connectivity index (χ0v) is 15.3. The average Bonchev–Trinajstić information content (AvgIpc) is 2.91. The number of amides is 1. The summed E-state index contributed by atoms with van der Waals surface area (Å²) in [5.41, 5.74) is 3.77. The maximum atomic E-state index is 13.4. The molecule has 1 heterocycles. The summed E-state index contributed by atoms with van der Waals surface area (Å²) in [4.78, 5) is 15.1. The Labute approximate surface area is 151 Å². The summed E-state index contributed by atoms with van der Waals surface area (Å²) >= 11 is 0. The van der Waals surface area contributed by atoms with E-state index in [0.29, 0.717) is 22.0 Å². The molecule has 5 nitrogen and oxygen atoms in total. The van der Waals surface area contributed by atoms with Crippen LogP contribution < -0.4 is 4.72 Å². The number of aromatic nitrogens is 1. The second kappa shape index (κ2) is 6.92. The molecule has 3 aromatic rings. The van der Waals surface area contributed by atoms with Gasteiger partial charge in [0.15, 0.2) is 0 Å². The van der Waals surface area contributed by atoms with Gasteiger partial charge >= 0.3 is 0 Å². The number of halogens is 1. The molecule has 0 radical (unpaired) electrons. The van der Waals surface area contributed by atoms with Crippen molar-refractivity contribution in [2.75, 3.05) is 0 Å². The zero-order valence-electron chi connectivity index (χ0n) is 14.5. The molecule has 26 heavy (non-hydrogen) atoms. The van der Waals surface area contributed by atoms with Gasteiger partial charge in [-0.05, 0) is 48.7 Å². The number of aryl methyl sites for hydroxylation is 2. The molecule has 0 saturated heterocycles. The first kappa shape index (κ1) is 18.1. The second-order valence-corrected chi connectivity index (χ2v) is 8.12. The van der Waals surface area contributed by atoms with E-state index in [9.17, 15) is 17.6 Å². The van der Waals surface area contributed by atoms with Gasteiger partial charge in [0.2, 0.25) is 15.9 Å². The predicted molar refractivity (Wildman–Crippen MR) is 98.6 cm³/mol. The second-order valence-electron chi connectivity index (χ2n) is 6.39. The summed E-state index contributed by atoms with van der Waals surface area (Å²) in [7, 11) is -3.82. The van der Waals surface area contributed by atoms with E-state index < -0.39 is 21.7 Å². The lowest BCUT2D eigenvalue weighted by atomic mass is 10.1. The number of fused-ring (bicyclic) bond motifs is 1. The lowest BCUT2D eigenvalue weighted by Crippen LogP contribution is -2.32. The number of nitrogens with one attached hydrogen (secondary N) is 2. The molecule has 0 saturated carbocycles. The van der Waals surface area contributed by atoms with Crippen LogP contribution in [0.4, 0.5) is 4.39 Å². The van der Waals surface area contributed by atoms with Gasteiger partial charge in [-0.2, -0.15) is 0 Å². The number of hydrogen-bond acceptors (Lipinski definition) is 3. The fourth-order valence-corrected chi connectivity index (χ4v) is 4.15. The van der Waals surface area contributed by atoms with Crippen molar-refractivity contribution in [3.05, 3.63) is 70.7 Å². The van der Waals surface area contributed by atoms with Gasteiger partial charge in [-0.1, -0.05) is 23.8 Å². The number of H-pyrrole nitrogens is 1. The van der Waals surface area contributed by atoms with E-state index in [1.165, 1.54) is 12.1 Å². The lowest BCUT2D eigenvalue weighted by molar-refractivity contribution is -0.118. The maximum Gasteiger partial charge on any atom is 0.239 e. The van der Waals surface area contributed by atoms with Crippen molar-refractivity contribution in [1.82, 2.24) is 9.71 Å². The predicted octanol–water partition coefficient (Wildman–Crippen LogP) is 3.11. The number of carbonyl (C=O) groups excluding carboxylic acids is 1. The molecular weight excluding hydrogens is 355 g/mol. The van der Waals surface area contributed by atoms with E-state index in [4.69, 9.17) is 0 Å². The van der Waals surface area contributed by atoms with E-state index in [1.54, 1.807) is 18.3 Å². The minimum atomic E-state index is -3.82. The van der Waals surface area contributed by atoms with E-state index in [2.05, 4.69) is 9.71 Å². The third-order valence-electron chi connectivity index (χ3n) is 4.19. The number of rotatable bonds is 5. The van der Waals surface area contributed by atoms with Crippen LogP contribution in [0, 0.1) is 19.7 Å². The minimum absolute atomic E-state index is 0.157. The standard InChI is InChI=1S/C19H19FN2O3S/c1-12-3-4-14(13(2)7-12)11-26(24,25)22-19(23)8-15-10-21-18-6-5-16(20)9-17(15)18/h3-7,9-10,21H,8,11H2,1-2H3,(H,22,23). The summed E-state index contributed by atoms with van der Waals surface area (Å²) in [5, 5.41) is 0.562. The van der Waals surface area contributed by atoms with Crippen LogP contribution in [0.5, 0.6) is 0 Å². The van der Waals surface area contributed by atoms with Crippen molar-refractivity contribution in [2.45, 2.75) is 26.0 Å². The molecule has 7 heteroatoms. The average molecular weight is 374 g/mol. The molecule has 0 bridgehead atoms. The number of aromatic amines is 1. The quantitative estimate of drug-likeness (QED) is 0.720. The molecule has 3 rings (SSSR count). The normalized spacial score (nSPS) is 11.7. The molecule has 0 fully saturated rings. The Morgan fingerprint density at radius 1 is 1.12 bits per heavy atom. The van der Waals surface area contributed by atoms with E-state index in [0.717, 1.165) is 11.1 Å². The summed E-state index contributed by atoms with van der Waals surface area (Å²) in [6.45, 7) is 3.76.